The molecule has 6 heteroatoms. The number of amides is 1. The fraction of sp³-hybridized carbons (Fsp3) is 0.381. The molecule has 0 saturated carbocycles. The Bertz CT molecular complexity index is 670. The van der Waals surface area contributed by atoms with Crippen molar-refractivity contribution < 1.29 is 4.79 Å². The van der Waals surface area contributed by atoms with Crippen LogP contribution in [-0.4, -0.2) is 36.0 Å². The maximum absolute atomic E-state index is 12.3. The molecule has 3 N–H and O–H groups in total. The number of nitrogens with two attached hydrogens (primary N) is 1. The third-order valence-electron chi connectivity index (χ3n) is 4.87. The summed E-state index contributed by atoms with van der Waals surface area (Å²) >= 11 is 0. The Hall–Kier alpha value is -1.59. The zero-order chi connectivity index (χ0) is 17.5. The Labute approximate surface area is 174 Å². The van der Waals surface area contributed by atoms with E-state index in [1.807, 2.05) is 36.4 Å². The Morgan fingerprint density at radius 1 is 1.04 bits per heavy atom. The van der Waals surface area contributed by atoms with Crippen LogP contribution in [0.2, 0.25) is 0 Å². The molecule has 2 aromatic rings. The van der Waals surface area contributed by atoms with Gasteiger partial charge in [0, 0.05) is 19.1 Å². The minimum Gasteiger partial charge on any atom is -0.353 e. The van der Waals surface area contributed by atoms with Crippen molar-refractivity contribution in [3.63, 3.8) is 0 Å². The van der Waals surface area contributed by atoms with E-state index in [1.54, 1.807) is 0 Å². The third kappa shape index (κ3) is 7.15. The highest BCUT2D eigenvalue weighted by Crippen LogP contribution is 2.19. The first kappa shape index (κ1) is 23.4. The summed E-state index contributed by atoms with van der Waals surface area (Å²) in [4.78, 5) is 14.8. The van der Waals surface area contributed by atoms with Crippen LogP contribution in [0.3, 0.4) is 0 Å². The van der Waals surface area contributed by atoms with Crippen LogP contribution in [0.15, 0.2) is 60.7 Å². The quantitative estimate of drug-likeness (QED) is 0.737. The van der Waals surface area contributed by atoms with Crippen LogP contribution in [0.25, 0.3) is 0 Å². The van der Waals surface area contributed by atoms with E-state index in [0.29, 0.717) is 19.0 Å². The van der Waals surface area contributed by atoms with Crippen LogP contribution < -0.4 is 11.1 Å². The largest absolute Gasteiger partial charge is 0.353 e. The lowest BCUT2D eigenvalue weighted by molar-refractivity contribution is -0.122. The van der Waals surface area contributed by atoms with Gasteiger partial charge in [0.15, 0.2) is 0 Å². The monoisotopic (exact) mass is 409 g/mol. The molecule has 0 radical (unpaired) electrons. The van der Waals surface area contributed by atoms with Crippen LogP contribution in [0.5, 0.6) is 0 Å². The number of hydrogen-bond donors (Lipinski definition) is 2. The lowest BCUT2D eigenvalue weighted by atomic mass is 10.1. The number of likely N-dealkylation sites (tertiary alicyclic amines) is 1. The van der Waals surface area contributed by atoms with E-state index in [9.17, 15) is 4.79 Å². The maximum atomic E-state index is 12.3. The number of nitrogens with one attached hydrogen (secondary N) is 1. The summed E-state index contributed by atoms with van der Waals surface area (Å²) in [7, 11) is 0. The van der Waals surface area contributed by atoms with Crippen molar-refractivity contribution in [1.29, 1.82) is 0 Å². The number of rotatable bonds is 7. The van der Waals surface area contributed by atoms with Crippen molar-refractivity contribution in [3.05, 3.63) is 71.8 Å². The smallest absolute Gasteiger partial charge is 0.237 e. The van der Waals surface area contributed by atoms with Gasteiger partial charge in [-0.05, 0) is 36.9 Å². The first-order chi connectivity index (χ1) is 12.2. The maximum Gasteiger partial charge on any atom is 0.237 e. The Morgan fingerprint density at radius 2 is 1.63 bits per heavy atom. The fourth-order valence-electron chi connectivity index (χ4n) is 3.46. The van der Waals surface area contributed by atoms with Crippen LogP contribution in [0.1, 0.15) is 24.0 Å². The van der Waals surface area contributed by atoms with Crippen molar-refractivity contribution in [2.45, 2.75) is 37.9 Å². The molecular formula is C21H29Cl2N3O. The molecule has 2 atom stereocenters. The lowest BCUT2D eigenvalue weighted by Gasteiger charge is -2.25. The predicted molar refractivity (Wildman–Crippen MR) is 116 cm³/mol. The second-order valence-electron chi connectivity index (χ2n) is 6.79. The van der Waals surface area contributed by atoms with E-state index < -0.39 is 6.04 Å². The molecule has 1 amide bonds. The molecule has 27 heavy (non-hydrogen) atoms. The zero-order valence-electron chi connectivity index (χ0n) is 15.4. The highest BCUT2D eigenvalue weighted by atomic mass is 35.5. The molecule has 2 unspecified atom stereocenters. The highest BCUT2D eigenvalue weighted by Gasteiger charge is 2.25. The number of benzene rings is 2. The van der Waals surface area contributed by atoms with Gasteiger partial charge >= 0.3 is 0 Å². The molecule has 148 valence electrons. The van der Waals surface area contributed by atoms with E-state index >= 15 is 0 Å². The average molecular weight is 410 g/mol. The van der Waals surface area contributed by atoms with E-state index in [0.717, 1.165) is 25.1 Å². The van der Waals surface area contributed by atoms with Gasteiger partial charge in [0.1, 0.15) is 0 Å². The summed E-state index contributed by atoms with van der Waals surface area (Å²) in [5.74, 6) is -0.0598. The third-order valence-corrected chi connectivity index (χ3v) is 4.87. The zero-order valence-corrected chi connectivity index (χ0v) is 17.1. The summed E-state index contributed by atoms with van der Waals surface area (Å²) < 4.78 is 0. The normalized spacial score (nSPS) is 17.4. The van der Waals surface area contributed by atoms with E-state index in [-0.39, 0.29) is 30.7 Å². The van der Waals surface area contributed by atoms with Crippen LogP contribution in [-0.2, 0) is 17.8 Å². The van der Waals surface area contributed by atoms with Gasteiger partial charge in [-0.2, -0.15) is 0 Å². The van der Waals surface area contributed by atoms with Gasteiger partial charge in [-0.1, -0.05) is 60.7 Å². The number of carbonyl (C=O) groups excluding carboxylic acids is 1. The van der Waals surface area contributed by atoms with Crippen molar-refractivity contribution in [3.8, 4) is 0 Å². The van der Waals surface area contributed by atoms with E-state index in [4.69, 9.17) is 5.73 Å². The molecule has 0 bridgehead atoms. The van der Waals surface area contributed by atoms with Gasteiger partial charge in [0.25, 0.3) is 0 Å². The van der Waals surface area contributed by atoms with Crippen molar-refractivity contribution in [2.75, 3.05) is 13.1 Å². The fourth-order valence-corrected chi connectivity index (χ4v) is 3.46. The summed E-state index contributed by atoms with van der Waals surface area (Å²) in [5.41, 5.74) is 8.48. The van der Waals surface area contributed by atoms with Gasteiger partial charge in [0.2, 0.25) is 5.91 Å². The van der Waals surface area contributed by atoms with Crippen molar-refractivity contribution >= 4 is 30.7 Å². The SMILES string of the molecule is Cl.Cl.NC(Cc1ccccc1)C(=O)NCC1CCCN1Cc1ccccc1. The highest BCUT2D eigenvalue weighted by molar-refractivity contribution is 5.85. The molecule has 0 spiro atoms. The van der Waals surface area contributed by atoms with Gasteiger partial charge in [-0.15, -0.1) is 24.8 Å². The number of nitrogens with zero attached hydrogens (tertiary/aromatic N) is 1. The minimum atomic E-state index is -0.494. The van der Waals surface area contributed by atoms with Crippen molar-refractivity contribution in [2.24, 2.45) is 5.73 Å². The molecule has 1 aliphatic rings. The van der Waals surface area contributed by atoms with Gasteiger partial charge in [-0.25, -0.2) is 0 Å². The topological polar surface area (TPSA) is 58.4 Å². The summed E-state index contributed by atoms with van der Waals surface area (Å²) in [5, 5.41) is 3.05. The molecule has 1 saturated heterocycles. The average Bonchev–Trinajstić information content (AvgIpc) is 3.08. The molecule has 0 aliphatic carbocycles. The standard InChI is InChI=1S/C21H27N3O.2ClH/c22-20(14-17-8-3-1-4-9-17)21(25)23-15-19-12-7-13-24(19)16-18-10-5-2-6-11-18;;/h1-6,8-11,19-20H,7,12-16,22H2,(H,23,25);2*1H. The second-order valence-corrected chi connectivity index (χ2v) is 6.79. The molecule has 1 fully saturated rings. The first-order valence-electron chi connectivity index (χ1n) is 9.07. The minimum absolute atomic E-state index is 0. The summed E-state index contributed by atoms with van der Waals surface area (Å²) in [6.45, 7) is 2.71. The first-order valence-corrected chi connectivity index (χ1v) is 9.07. The molecule has 1 heterocycles. The number of hydrogen-bond acceptors (Lipinski definition) is 3. The lowest BCUT2D eigenvalue weighted by Crippen LogP contribution is -2.46. The Kier molecular flexibility index (Phi) is 10.4. The summed E-state index contributed by atoms with van der Waals surface area (Å²) in [6, 6.07) is 20.3. The summed E-state index contributed by atoms with van der Waals surface area (Å²) in [6.07, 6.45) is 2.88. The Balaban J connectivity index is 0.00000182. The van der Waals surface area contributed by atoms with Crippen LogP contribution in [0, 0.1) is 0 Å². The predicted octanol–water partition coefficient (Wildman–Crippen LogP) is 3.18. The van der Waals surface area contributed by atoms with E-state index in [2.05, 4.69) is 34.5 Å². The molecular weight excluding hydrogens is 381 g/mol. The molecule has 4 nitrogen and oxygen atoms in total. The van der Waals surface area contributed by atoms with Crippen LogP contribution in [0.4, 0.5) is 0 Å². The second kappa shape index (κ2) is 12.0. The molecule has 3 rings (SSSR count). The van der Waals surface area contributed by atoms with Crippen molar-refractivity contribution in [1.82, 2.24) is 10.2 Å². The molecule has 2 aromatic carbocycles. The number of halogens is 2. The van der Waals surface area contributed by atoms with Gasteiger partial charge in [-0.3, -0.25) is 9.69 Å². The van der Waals surface area contributed by atoms with Crippen LogP contribution >= 0.6 is 24.8 Å². The van der Waals surface area contributed by atoms with Gasteiger partial charge in [0.05, 0.1) is 6.04 Å². The molecule has 0 aromatic heterocycles. The molecule has 1 aliphatic heterocycles. The van der Waals surface area contributed by atoms with Gasteiger partial charge < -0.3 is 11.1 Å². The van der Waals surface area contributed by atoms with E-state index in [1.165, 1.54) is 12.0 Å². The number of carbonyl (C=O) groups is 1. The Morgan fingerprint density at radius 3 is 2.26 bits per heavy atom.